The Morgan fingerprint density at radius 3 is 2.92 bits per heavy atom. The molecule has 10 heteroatoms. The molecule has 26 heavy (non-hydrogen) atoms. The maximum Gasteiger partial charge on any atom is 0.302 e. The third-order valence-corrected chi connectivity index (χ3v) is 4.04. The number of aryl methyl sites for hydroxylation is 1. The number of aromatic nitrogens is 3. The number of hydrogen-bond acceptors (Lipinski definition) is 7. The number of nitrogens with one attached hydrogen (secondary N) is 2. The predicted octanol–water partition coefficient (Wildman–Crippen LogP) is 1.37. The standard InChI is InChI=1S/C16H15N5O4S/c22-13-3-1-6-18-21(13)7-2-5-17-15(24)12-9-25-16(19-12)20-14(23)11-4-8-26-10-11/h1,3-4,6,8-10H,2,5,7H2,(H,17,24)(H,19,20,23). The lowest BCUT2D eigenvalue weighted by molar-refractivity contribution is 0.0946. The molecule has 3 aromatic rings. The summed E-state index contributed by atoms with van der Waals surface area (Å²) in [6.07, 6.45) is 3.23. The van der Waals surface area contributed by atoms with Gasteiger partial charge in [-0.25, -0.2) is 4.68 Å². The molecule has 0 spiro atoms. The highest BCUT2D eigenvalue weighted by Gasteiger charge is 2.14. The molecule has 0 radical (unpaired) electrons. The van der Waals surface area contributed by atoms with Crippen LogP contribution in [-0.4, -0.2) is 33.1 Å². The molecule has 0 bridgehead atoms. The molecular weight excluding hydrogens is 358 g/mol. The molecule has 3 heterocycles. The second-order valence-electron chi connectivity index (χ2n) is 5.20. The van der Waals surface area contributed by atoms with Crippen molar-refractivity contribution >= 4 is 29.2 Å². The first kappa shape index (κ1) is 17.5. The van der Waals surface area contributed by atoms with Crippen LogP contribution in [0.15, 0.2) is 50.6 Å². The fourth-order valence-electron chi connectivity index (χ4n) is 2.07. The minimum Gasteiger partial charge on any atom is -0.431 e. The third kappa shape index (κ3) is 4.42. The van der Waals surface area contributed by atoms with Gasteiger partial charge in [0.15, 0.2) is 5.69 Å². The third-order valence-electron chi connectivity index (χ3n) is 3.36. The van der Waals surface area contributed by atoms with E-state index in [1.54, 1.807) is 22.9 Å². The molecule has 2 N–H and O–H groups in total. The number of oxazole rings is 1. The molecule has 0 aromatic carbocycles. The van der Waals surface area contributed by atoms with Crippen molar-refractivity contribution in [3.8, 4) is 0 Å². The normalized spacial score (nSPS) is 10.5. The van der Waals surface area contributed by atoms with E-state index in [2.05, 4.69) is 20.7 Å². The van der Waals surface area contributed by atoms with Gasteiger partial charge >= 0.3 is 6.01 Å². The van der Waals surface area contributed by atoms with E-state index >= 15 is 0 Å². The summed E-state index contributed by atoms with van der Waals surface area (Å²) in [6.45, 7) is 0.728. The second-order valence-corrected chi connectivity index (χ2v) is 5.98. The highest BCUT2D eigenvalue weighted by Crippen LogP contribution is 2.11. The second kappa shape index (κ2) is 8.21. The number of carbonyl (C=O) groups excluding carboxylic acids is 2. The van der Waals surface area contributed by atoms with Gasteiger partial charge in [0.2, 0.25) is 0 Å². The molecule has 3 rings (SSSR count). The number of carbonyl (C=O) groups is 2. The van der Waals surface area contributed by atoms with E-state index in [9.17, 15) is 14.4 Å². The summed E-state index contributed by atoms with van der Waals surface area (Å²) >= 11 is 1.40. The van der Waals surface area contributed by atoms with Gasteiger partial charge < -0.3 is 9.73 Å². The lowest BCUT2D eigenvalue weighted by Gasteiger charge is -2.04. The summed E-state index contributed by atoms with van der Waals surface area (Å²) < 4.78 is 6.41. The summed E-state index contributed by atoms with van der Waals surface area (Å²) in [4.78, 5) is 39.3. The van der Waals surface area contributed by atoms with E-state index in [0.29, 0.717) is 25.1 Å². The van der Waals surface area contributed by atoms with E-state index in [0.717, 1.165) is 0 Å². The summed E-state index contributed by atoms with van der Waals surface area (Å²) in [7, 11) is 0. The van der Waals surface area contributed by atoms with Crippen LogP contribution >= 0.6 is 11.3 Å². The molecule has 134 valence electrons. The van der Waals surface area contributed by atoms with Crippen LogP contribution in [0, 0.1) is 0 Å². The maximum atomic E-state index is 12.0. The minimum absolute atomic E-state index is 0.0496. The van der Waals surface area contributed by atoms with Crippen LogP contribution in [0.25, 0.3) is 0 Å². The van der Waals surface area contributed by atoms with Crippen LogP contribution in [-0.2, 0) is 6.54 Å². The molecule has 0 fully saturated rings. The summed E-state index contributed by atoms with van der Waals surface area (Å²) in [6, 6.07) is 4.61. The number of amides is 2. The number of rotatable bonds is 7. The number of thiophene rings is 1. The molecule has 3 aromatic heterocycles. The monoisotopic (exact) mass is 373 g/mol. The van der Waals surface area contributed by atoms with Crippen LogP contribution in [0.4, 0.5) is 6.01 Å². The van der Waals surface area contributed by atoms with E-state index in [-0.39, 0.29) is 23.2 Å². The molecule has 0 saturated heterocycles. The van der Waals surface area contributed by atoms with Crippen molar-refractivity contribution in [1.82, 2.24) is 20.1 Å². The fourth-order valence-corrected chi connectivity index (χ4v) is 2.71. The Hall–Kier alpha value is -3.27. The average Bonchev–Trinajstić information content (AvgIpc) is 3.32. The Kier molecular flexibility index (Phi) is 5.54. The first-order valence-electron chi connectivity index (χ1n) is 7.73. The van der Waals surface area contributed by atoms with Crippen LogP contribution in [0.5, 0.6) is 0 Å². The van der Waals surface area contributed by atoms with Gasteiger partial charge in [-0.2, -0.15) is 21.4 Å². The maximum absolute atomic E-state index is 12.0. The SMILES string of the molecule is O=C(Nc1nc(C(=O)NCCCn2ncccc2=O)co1)c1ccsc1. The van der Waals surface area contributed by atoms with E-state index in [1.165, 1.54) is 34.5 Å². The first-order valence-corrected chi connectivity index (χ1v) is 8.67. The molecular formula is C16H15N5O4S. The van der Waals surface area contributed by atoms with Crippen molar-refractivity contribution in [1.29, 1.82) is 0 Å². The van der Waals surface area contributed by atoms with Crippen molar-refractivity contribution < 1.29 is 14.0 Å². The first-order chi connectivity index (χ1) is 12.6. The van der Waals surface area contributed by atoms with E-state index < -0.39 is 5.91 Å². The van der Waals surface area contributed by atoms with Crippen molar-refractivity contribution in [2.45, 2.75) is 13.0 Å². The summed E-state index contributed by atoms with van der Waals surface area (Å²) in [5, 5.41) is 12.5. The topological polar surface area (TPSA) is 119 Å². The summed E-state index contributed by atoms with van der Waals surface area (Å²) in [5.74, 6) is -0.793. The Labute approximate surface area is 151 Å². The minimum atomic E-state index is -0.432. The Balaban J connectivity index is 1.46. The van der Waals surface area contributed by atoms with Gasteiger partial charge in [0.1, 0.15) is 6.26 Å². The Morgan fingerprint density at radius 1 is 1.27 bits per heavy atom. The molecule has 0 saturated carbocycles. The Morgan fingerprint density at radius 2 is 2.15 bits per heavy atom. The Bertz CT molecular complexity index is 947. The van der Waals surface area contributed by atoms with Crippen LogP contribution < -0.4 is 16.2 Å². The molecule has 9 nitrogen and oxygen atoms in total. The largest absolute Gasteiger partial charge is 0.431 e. The zero-order chi connectivity index (χ0) is 18.4. The quantitative estimate of drug-likeness (QED) is 0.604. The molecule has 0 aliphatic carbocycles. The predicted molar refractivity (Wildman–Crippen MR) is 94.2 cm³/mol. The van der Waals surface area contributed by atoms with Crippen LogP contribution in [0.2, 0.25) is 0 Å². The van der Waals surface area contributed by atoms with Crippen LogP contribution in [0.3, 0.4) is 0 Å². The number of hydrogen-bond donors (Lipinski definition) is 2. The van der Waals surface area contributed by atoms with Gasteiger partial charge in [-0.3, -0.25) is 19.7 Å². The number of anilines is 1. The van der Waals surface area contributed by atoms with Gasteiger partial charge in [0.25, 0.3) is 17.4 Å². The lowest BCUT2D eigenvalue weighted by Crippen LogP contribution is -2.28. The van der Waals surface area contributed by atoms with E-state index in [1.807, 2.05) is 0 Å². The van der Waals surface area contributed by atoms with Gasteiger partial charge in [0, 0.05) is 30.7 Å². The average molecular weight is 373 g/mol. The zero-order valence-electron chi connectivity index (χ0n) is 13.5. The van der Waals surface area contributed by atoms with Crippen molar-refractivity contribution in [2.24, 2.45) is 0 Å². The van der Waals surface area contributed by atoms with Crippen molar-refractivity contribution in [2.75, 3.05) is 11.9 Å². The van der Waals surface area contributed by atoms with Crippen molar-refractivity contribution in [3.63, 3.8) is 0 Å². The van der Waals surface area contributed by atoms with Crippen molar-refractivity contribution in [3.05, 3.63) is 63.0 Å². The van der Waals surface area contributed by atoms with E-state index in [4.69, 9.17) is 4.42 Å². The molecule has 0 atom stereocenters. The van der Waals surface area contributed by atoms with Gasteiger partial charge in [-0.1, -0.05) is 0 Å². The van der Waals surface area contributed by atoms with Gasteiger partial charge in [-0.05, 0) is 23.9 Å². The lowest BCUT2D eigenvalue weighted by atomic mass is 10.3. The van der Waals surface area contributed by atoms with Gasteiger partial charge in [-0.15, -0.1) is 0 Å². The highest BCUT2D eigenvalue weighted by molar-refractivity contribution is 7.08. The highest BCUT2D eigenvalue weighted by atomic mass is 32.1. The van der Waals surface area contributed by atoms with Crippen LogP contribution in [0.1, 0.15) is 27.3 Å². The molecule has 0 aliphatic heterocycles. The number of nitrogens with zero attached hydrogens (tertiary/aromatic N) is 3. The summed E-state index contributed by atoms with van der Waals surface area (Å²) in [5.41, 5.74) is 0.353. The van der Waals surface area contributed by atoms with Gasteiger partial charge in [0.05, 0.1) is 5.56 Å². The zero-order valence-corrected chi connectivity index (χ0v) is 14.4. The smallest absolute Gasteiger partial charge is 0.302 e. The molecule has 0 aliphatic rings. The molecule has 0 unspecified atom stereocenters. The molecule has 2 amide bonds. The fraction of sp³-hybridized carbons (Fsp3) is 0.188.